The smallest absolute Gasteiger partial charge is 0.170 e. The highest BCUT2D eigenvalue weighted by Crippen LogP contribution is 2.15. The Kier molecular flexibility index (Phi) is 6.22. The van der Waals surface area contributed by atoms with Crippen molar-refractivity contribution in [3.05, 3.63) is 36.9 Å². The molecule has 1 aromatic carbocycles. The molecule has 0 radical (unpaired) electrons. The lowest BCUT2D eigenvalue weighted by Gasteiger charge is -2.15. The van der Waals surface area contributed by atoms with Gasteiger partial charge in [-0.15, -0.1) is 0 Å². The Balaban J connectivity index is 2.47. The molecule has 0 aromatic heterocycles. The third-order valence-corrected chi connectivity index (χ3v) is 2.69. The summed E-state index contributed by atoms with van der Waals surface area (Å²) in [5.74, 6) is 0.821. The van der Waals surface area contributed by atoms with Crippen LogP contribution in [-0.4, -0.2) is 17.8 Å². The van der Waals surface area contributed by atoms with Crippen LogP contribution in [0.4, 0.5) is 5.69 Å². The van der Waals surface area contributed by atoms with Crippen molar-refractivity contribution in [3.8, 4) is 5.75 Å². The number of rotatable bonds is 6. The van der Waals surface area contributed by atoms with Crippen LogP contribution in [0.15, 0.2) is 36.9 Å². The van der Waals surface area contributed by atoms with Gasteiger partial charge in [0.1, 0.15) is 12.4 Å². The predicted octanol–water partition coefficient (Wildman–Crippen LogP) is 3.34. The second-order valence-electron chi connectivity index (χ2n) is 4.03. The maximum absolute atomic E-state index is 5.40. The highest BCUT2D eigenvalue weighted by Gasteiger charge is 2.02. The van der Waals surface area contributed by atoms with Crippen LogP contribution in [-0.2, 0) is 0 Å². The third kappa shape index (κ3) is 5.19. The quantitative estimate of drug-likeness (QED) is 0.610. The minimum Gasteiger partial charge on any atom is -0.490 e. The summed E-state index contributed by atoms with van der Waals surface area (Å²) in [6.07, 6.45) is 2.76. The Labute approximate surface area is 114 Å². The van der Waals surface area contributed by atoms with Gasteiger partial charge in [0.2, 0.25) is 0 Å². The molecule has 0 aliphatic heterocycles. The van der Waals surface area contributed by atoms with Crippen LogP contribution in [0, 0.1) is 0 Å². The van der Waals surface area contributed by atoms with Gasteiger partial charge in [0, 0.05) is 11.7 Å². The summed E-state index contributed by atoms with van der Waals surface area (Å²) in [4.78, 5) is 0. The first-order valence-electron chi connectivity index (χ1n) is 6.07. The largest absolute Gasteiger partial charge is 0.490 e. The zero-order chi connectivity index (χ0) is 13.4. The molecule has 0 saturated carbocycles. The van der Waals surface area contributed by atoms with Crippen LogP contribution in [0.5, 0.6) is 5.75 Å². The van der Waals surface area contributed by atoms with Crippen LogP contribution < -0.4 is 15.4 Å². The molecule has 1 aromatic rings. The molecule has 3 nitrogen and oxygen atoms in total. The molecular weight excluding hydrogens is 244 g/mol. The number of thiocarbonyl (C=S) groups is 1. The number of ether oxygens (including phenoxy) is 1. The van der Waals surface area contributed by atoms with Gasteiger partial charge >= 0.3 is 0 Å². The fraction of sp³-hybridized carbons (Fsp3) is 0.357. The molecule has 18 heavy (non-hydrogen) atoms. The van der Waals surface area contributed by atoms with Gasteiger partial charge in [0.25, 0.3) is 0 Å². The highest BCUT2D eigenvalue weighted by atomic mass is 32.1. The summed E-state index contributed by atoms with van der Waals surface area (Å²) in [6, 6.07) is 8.04. The van der Waals surface area contributed by atoms with Crippen molar-refractivity contribution in [2.45, 2.75) is 26.3 Å². The molecule has 0 saturated heterocycles. The second kappa shape index (κ2) is 7.71. The van der Waals surface area contributed by atoms with E-state index >= 15 is 0 Å². The fourth-order valence-electron chi connectivity index (χ4n) is 1.28. The molecule has 0 amide bonds. The molecular formula is C14H20N2OS. The monoisotopic (exact) mass is 264 g/mol. The molecule has 0 bridgehead atoms. The van der Waals surface area contributed by atoms with E-state index in [2.05, 4.69) is 31.1 Å². The van der Waals surface area contributed by atoms with Crippen LogP contribution in [0.25, 0.3) is 0 Å². The van der Waals surface area contributed by atoms with Gasteiger partial charge in [0.05, 0.1) is 0 Å². The summed E-state index contributed by atoms with van der Waals surface area (Å²) >= 11 is 5.21. The zero-order valence-corrected chi connectivity index (χ0v) is 11.7. The summed E-state index contributed by atoms with van der Waals surface area (Å²) in [6.45, 7) is 8.33. The molecule has 98 valence electrons. The van der Waals surface area contributed by atoms with Crippen molar-refractivity contribution in [3.63, 3.8) is 0 Å². The van der Waals surface area contributed by atoms with Gasteiger partial charge in [0.15, 0.2) is 5.11 Å². The first-order chi connectivity index (χ1) is 8.65. The number of hydrogen-bond donors (Lipinski definition) is 2. The van der Waals surface area contributed by atoms with Gasteiger partial charge in [-0.2, -0.15) is 0 Å². The van der Waals surface area contributed by atoms with E-state index < -0.39 is 0 Å². The van der Waals surface area contributed by atoms with Crippen molar-refractivity contribution in [1.29, 1.82) is 0 Å². The van der Waals surface area contributed by atoms with E-state index in [-0.39, 0.29) is 0 Å². The summed E-state index contributed by atoms with van der Waals surface area (Å²) in [5.41, 5.74) is 0.946. The summed E-state index contributed by atoms with van der Waals surface area (Å²) in [7, 11) is 0. The minimum absolute atomic E-state index is 0.375. The van der Waals surface area contributed by atoms with Crippen molar-refractivity contribution >= 4 is 23.0 Å². The van der Waals surface area contributed by atoms with Crippen LogP contribution >= 0.6 is 12.2 Å². The Morgan fingerprint density at radius 2 is 2.11 bits per heavy atom. The molecule has 2 N–H and O–H groups in total. The molecule has 0 heterocycles. The SMILES string of the molecule is C=CCOc1ccc(NC(=S)N[C@@H](C)CC)cc1. The first-order valence-corrected chi connectivity index (χ1v) is 6.47. The van der Waals surface area contributed by atoms with E-state index in [0.717, 1.165) is 17.9 Å². The normalized spacial score (nSPS) is 11.4. The van der Waals surface area contributed by atoms with Crippen LogP contribution in [0.2, 0.25) is 0 Å². The van der Waals surface area contributed by atoms with Gasteiger partial charge in [-0.3, -0.25) is 0 Å². The number of anilines is 1. The lowest BCUT2D eigenvalue weighted by atomic mass is 10.3. The van der Waals surface area contributed by atoms with Gasteiger partial charge in [-0.25, -0.2) is 0 Å². The van der Waals surface area contributed by atoms with E-state index in [9.17, 15) is 0 Å². The van der Waals surface area contributed by atoms with E-state index in [4.69, 9.17) is 17.0 Å². The van der Waals surface area contributed by atoms with E-state index in [1.165, 1.54) is 0 Å². The molecule has 0 unspecified atom stereocenters. The summed E-state index contributed by atoms with van der Waals surface area (Å²) < 4.78 is 5.40. The molecule has 0 aliphatic carbocycles. The van der Waals surface area contributed by atoms with E-state index in [1.807, 2.05) is 24.3 Å². The van der Waals surface area contributed by atoms with E-state index in [0.29, 0.717) is 17.8 Å². The van der Waals surface area contributed by atoms with E-state index in [1.54, 1.807) is 6.08 Å². The number of hydrogen-bond acceptors (Lipinski definition) is 2. The van der Waals surface area contributed by atoms with Gasteiger partial charge in [-0.05, 0) is 49.8 Å². The molecule has 0 fully saturated rings. The lowest BCUT2D eigenvalue weighted by Crippen LogP contribution is -2.35. The van der Waals surface area contributed by atoms with Gasteiger partial charge < -0.3 is 15.4 Å². The molecule has 1 atom stereocenters. The second-order valence-corrected chi connectivity index (χ2v) is 4.44. The average Bonchev–Trinajstić information content (AvgIpc) is 2.37. The first kappa shape index (κ1) is 14.5. The number of benzene rings is 1. The van der Waals surface area contributed by atoms with Crippen molar-refractivity contribution in [1.82, 2.24) is 5.32 Å². The highest BCUT2D eigenvalue weighted by molar-refractivity contribution is 7.80. The average molecular weight is 264 g/mol. The maximum Gasteiger partial charge on any atom is 0.170 e. The van der Waals surface area contributed by atoms with Crippen LogP contribution in [0.3, 0.4) is 0 Å². The Morgan fingerprint density at radius 1 is 1.44 bits per heavy atom. The topological polar surface area (TPSA) is 33.3 Å². The standard InChI is InChI=1S/C14H20N2OS/c1-4-10-17-13-8-6-12(7-9-13)16-14(18)15-11(3)5-2/h4,6-9,11H,1,5,10H2,2-3H3,(H2,15,16,18)/t11-/m0/s1. The molecule has 0 aliphatic rings. The Bertz CT molecular complexity index is 389. The zero-order valence-electron chi connectivity index (χ0n) is 10.9. The van der Waals surface area contributed by atoms with Crippen molar-refractivity contribution in [2.75, 3.05) is 11.9 Å². The van der Waals surface area contributed by atoms with Crippen molar-refractivity contribution < 1.29 is 4.74 Å². The number of nitrogens with one attached hydrogen (secondary N) is 2. The third-order valence-electron chi connectivity index (χ3n) is 2.47. The fourth-order valence-corrected chi connectivity index (χ4v) is 1.60. The molecule has 0 spiro atoms. The molecule has 1 rings (SSSR count). The Morgan fingerprint density at radius 3 is 2.67 bits per heavy atom. The predicted molar refractivity (Wildman–Crippen MR) is 81.2 cm³/mol. The summed E-state index contributed by atoms with van der Waals surface area (Å²) in [5, 5.41) is 6.98. The molecule has 4 heteroatoms. The van der Waals surface area contributed by atoms with Gasteiger partial charge in [-0.1, -0.05) is 19.6 Å². The minimum atomic E-state index is 0.375. The van der Waals surface area contributed by atoms with Crippen LogP contribution in [0.1, 0.15) is 20.3 Å². The van der Waals surface area contributed by atoms with Crippen molar-refractivity contribution in [2.24, 2.45) is 0 Å². The Hall–Kier alpha value is -1.55. The maximum atomic E-state index is 5.40. The lowest BCUT2D eigenvalue weighted by molar-refractivity contribution is 0.363.